The van der Waals surface area contributed by atoms with Crippen molar-refractivity contribution < 1.29 is 0 Å². The van der Waals surface area contributed by atoms with Gasteiger partial charge in [-0.25, -0.2) is 0 Å². The first kappa shape index (κ1) is 19.9. The van der Waals surface area contributed by atoms with E-state index in [9.17, 15) is 0 Å². The third-order valence-electron chi connectivity index (χ3n) is 9.20. The zero-order valence-corrected chi connectivity index (χ0v) is 19.5. The Labute approximate surface area is 198 Å². The Bertz CT molecular complexity index is 1110. The van der Waals surface area contributed by atoms with E-state index >= 15 is 0 Å². The molecule has 1 aromatic carbocycles. The summed E-state index contributed by atoms with van der Waals surface area (Å²) in [6, 6.07) is 11.9. The summed E-state index contributed by atoms with van der Waals surface area (Å²) < 4.78 is 0. The Morgan fingerprint density at radius 1 is 0.909 bits per heavy atom. The molecule has 0 radical (unpaired) electrons. The number of rotatable bonds is 4. The summed E-state index contributed by atoms with van der Waals surface area (Å²) in [5.41, 5.74) is 7.94. The molecule has 33 heavy (non-hydrogen) atoms. The summed E-state index contributed by atoms with van der Waals surface area (Å²) in [4.78, 5) is 0. The van der Waals surface area contributed by atoms with Crippen LogP contribution in [0, 0.1) is 29.6 Å². The first-order valence-corrected chi connectivity index (χ1v) is 13.3. The van der Waals surface area contributed by atoms with Gasteiger partial charge in [0, 0.05) is 17.5 Å². The van der Waals surface area contributed by atoms with E-state index in [1.165, 1.54) is 56.2 Å². The third-order valence-corrected chi connectivity index (χ3v) is 9.20. The maximum absolute atomic E-state index is 3.96. The van der Waals surface area contributed by atoms with Gasteiger partial charge in [-0.15, -0.1) is 0 Å². The van der Waals surface area contributed by atoms with E-state index in [0.717, 1.165) is 11.8 Å². The van der Waals surface area contributed by atoms with Crippen molar-refractivity contribution in [2.45, 2.75) is 56.9 Å². The SMILES string of the molecule is C1=CC2=C(CC1)NC1C=C(C(c3ccccc3)C3CC=CCC3)C(C3CC=CC4CC43)=CC21. The quantitative estimate of drug-likeness (QED) is 0.488. The molecular formula is C32H35N. The summed E-state index contributed by atoms with van der Waals surface area (Å²) in [6.45, 7) is 0. The van der Waals surface area contributed by atoms with Gasteiger partial charge >= 0.3 is 0 Å². The van der Waals surface area contributed by atoms with Crippen molar-refractivity contribution in [1.82, 2.24) is 5.32 Å². The molecule has 1 aliphatic heterocycles. The summed E-state index contributed by atoms with van der Waals surface area (Å²) in [5, 5.41) is 3.96. The molecule has 1 heteroatoms. The van der Waals surface area contributed by atoms with Gasteiger partial charge in [-0.1, -0.05) is 78.9 Å². The highest BCUT2D eigenvalue weighted by molar-refractivity contribution is 5.54. The van der Waals surface area contributed by atoms with E-state index in [2.05, 4.69) is 84.3 Å². The van der Waals surface area contributed by atoms with Crippen molar-refractivity contribution in [1.29, 1.82) is 0 Å². The topological polar surface area (TPSA) is 12.0 Å². The fourth-order valence-corrected chi connectivity index (χ4v) is 7.51. The molecule has 1 nitrogen and oxygen atoms in total. The van der Waals surface area contributed by atoms with Gasteiger partial charge in [0.15, 0.2) is 0 Å². The van der Waals surface area contributed by atoms with E-state index < -0.39 is 0 Å². The highest BCUT2D eigenvalue weighted by atomic mass is 15.0. The summed E-state index contributed by atoms with van der Waals surface area (Å²) in [6.07, 6.45) is 28.8. The van der Waals surface area contributed by atoms with E-state index in [-0.39, 0.29) is 0 Å². The molecule has 0 spiro atoms. The van der Waals surface area contributed by atoms with Crippen LogP contribution in [-0.2, 0) is 0 Å². The number of nitrogens with one attached hydrogen (secondary N) is 1. The number of benzene rings is 1. The predicted octanol–water partition coefficient (Wildman–Crippen LogP) is 7.40. The van der Waals surface area contributed by atoms with Crippen molar-refractivity contribution >= 4 is 0 Å². The van der Waals surface area contributed by atoms with Crippen LogP contribution in [0.1, 0.15) is 56.4 Å². The van der Waals surface area contributed by atoms with Crippen molar-refractivity contribution in [3.8, 4) is 0 Å². The van der Waals surface area contributed by atoms with Gasteiger partial charge in [0.2, 0.25) is 0 Å². The predicted molar refractivity (Wildman–Crippen MR) is 136 cm³/mol. The number of hydrogen-bond acceptors (Lipinski definition) is 1. The van der Waals surface area contributed by atoms with Gasteiger partial charge in [0.25, 0.3) is 0 Å². The molecule has 5 aliphatic carbocycles. The molecule has 7 rings (SSSR count). The molecule has 6 aliphatic rings. The molecule has 0 amide bonds. The van der Waals surface area contributed by atoms with Crippen LogP contribution in [0.4, 0.5) is 0 Å². The Balaban J connectivity index is 1.34. The first-order chi connectivity index (χ1) is 16.4. The molecule has 0 saturated heterocycles. The van der Waals surface area contributed by atoms with Crippen molar-refractivity contribution in [2.24, 2.45) is 29.6 Å². The van der Waals surface area contributed by atoms with Crippen molar-refractivity contribution in [3.63, 3.8) is 0 Å². The second-order valence-electron chi connectivity index (χ2n) is 11.1. The maximum Gasteiger partial charge on any atom is 0.0551 e. The van der Waals surface area contributed by atoms with Crippen LogP contribution in [0.15, 0.2) is 101 Å². The lowest BCUT2D eigenvalue weighted by Crippen LogP contribution is -2.33. The smallest absolute Gasteiger partial charge is 0.0551 e. The van der Waals surface area contributed by atoms with Gasteiger partial charge in [-0.2, -0.15) is 0 Å². The normalized spacial score (nSPS) is 36.8. The van der Waals surface area contributed by atoms with E-state index in [1.54, 1.807) is 16.7 Å². The summed E-state index contributed by atoms with van der Waals surface area (Å²) >= 11 is 0. The fourth-order valence-electron chi connectivity index (χ4n) is 7.51. The van der Waals surface area contributed by atoms with Gasteiger partial charge in [0.05, 0.1) is 6.04 Å². The molecule has 1 N–H and O–H groups in total. The standard InChI is InChI=1S/C32H35N/c1-3-10-21(11-4-1)32(22-12-5-2-6-13-22)29-20-31-28(25-15-7-8-17-30(25)33-31)19-27(29)24-16-9-14-23-18-26(23)24/h1-5,7,9-11,14-15,19-20,22-24,26,28,31-33H,6,8,12-13,16-18H2. The molecule has 1 saturated carbocycles. The van der Waals surface area contributed by atoms with E-state index in [0.29, 0.717) is 29.7 Å². The monoisotopic (exact) mass is 433 g/mol. The molecule has 1 fully saturated rings. The average molecular weight is 434 g/mol. The molecule has 7 atom stereocenters. The minimum atomic E-state index is 0.427. The summed E-state index contributed by atoms with van der Waals surface area (Å²) in [5.74, 6) is 4.12. The minimum Gasteiger partial charge on any atom is -0.381 e. The number of hydrogen-bond donors (Lipinski definition) is 1. The number of allylic oxidation sites excluding steroid dienone is 9. The second kappa shape index (κ2) is 8.05. The van der Waals surface area contributed by atoms with E-state index in [1.807, 2.05) is 0 Å². The molecule has 7 unspecified atom stereocenters. The highest BCUT2D eigenvalue weighted by Gasteiger charge is 2.47. The van der Waals surface area contributed by atoms with Crippen molar-refractivity contribution in [2.75, 3.05) is 0 Å². The largest absolute Gasteiger partial charge is 0.381 e. The van der Waals surface area contributed by atoms with Gasteiger partial charge < -0.3 is 5.32 Å². The Morgan fingerprint density at radius 3 is 2.73 bits per heavy atom. The Kier molecular flexibility index (Phi) is 4.85. The Morgan fingerprint density at radius 2 is 1.85 bits per heavy atom. The van der Waals surface area contributed by atoms with Crippen molar-refractivity contribution in [3.05, 3.63) is 107 Å². The molecule has 0 bridgehead atoms. The van der Waals surface area contributed by atoms with Crippen LogP contribution in [0.2, 0.25) is 0 Å². The molecule has 1 heterocycles. The number of fused-ring (bicyclic) bond motifs is 3. The van der Waals surface area contributed by atoms with Crippen LogP contribution in [-0.4, -0.2) is 6.04 Å². The van der Waals surface area contributed by atoms with Crippen LogP contribution in [0.3, 0.4) is 0 Å². The first-order valence-electron chi connectivity index (χ1n) is 13.3. The lowest BCUT2D eigenvalue weighted by atomic mass is 9.66. The van der Waals surface area contributed by atoms with Gasteiger partial charge in [-0.05, 0) is 90.9 Å². The van der Waals surface area contributed by atoms with Crippen LogP contribution >= 0.6 is 0 Å². The maximum atomic E-state index is 3.96. The molecule has 0 aromatic heterocycles. The van der Waals surface area contributed by atoms with Crippen LogP contribution in [0.25, 0.3) is 0 Å². The highest BCUT2D eigenvalue weighted by Crippen LogP contribution is 2.57. The lowest BCUT2D eigenvalue weighted by Gasteiger charge is -2.38. The molecule has 168 valence electrons. The second-order valence-corrected chi connectivity index (χ2v) is 11.1. The average Bonchev–Trinajstić information content (AvgIpc) is 3.59. The fraction of sp³-hybridized carbons (Fsp3) is 0.438. The van der Waals surface area contributed by atoms with Crippen LogP contribution in [0.5, 0.6) is 0 Å². The van der Waals surface area contributed by atoms with Gasteiger partial charge in [-0.3, -0.25) is 0 Å². The van der Waals surface area contributed by atoms with Gasteiger partial charge in [0.1, 0.15) is 0 Å². The third kappa shape index (κ3) is 3.43. The Hall–Kier alpha value is -2.54. The lowest BCUT2D eigenvalue weighted by molar-refractivity contribution is 0.408. The minimum absolute atomic E-state index is 0.427. The summed E-state index contributed by atoms with van der Waals surface area (Å²) in [7, 11) is 0. The van der Waals surface area contributed by atoms with E-state index in [4.69, 9.17) is 0 Å². The zero-order chi connectivity index (χ0) is 21.8. The molecule has 1 aromatic rings. The van der Waals surface area contributed by atoms with Crippen LogP contribution < -0.4 is 5.32 Å². The molecular weight excluding hydrogens is 398 g/mol. The zero-order valence-electron chi connectivity index (χ0n) is 19.5.